The maximum atomic E-state index is 11.7. The van der Waals surface area contributed by atoms with Gasteiger partial charge in [0.15, 0.2) is 0 Å². The Kier molecular flexibility index (Phi) is 4.12. The molecule has 1 aliphatic rings. The first kappa shape index (κ1) is 12.1. The predicted molar refractivity (Wildman–Crippen MR) is 65.3 cm³/mol. The molecule has 17 heavy (non-hydrogen) atoms. The van der Waals surface area contributed by atoms with E-state index in [0.29, 0.717) is 13.2 Å². The van der Waals surface area contributed by atoms with Crippen LogP contribution in [0.3, 0.4) is 0 Å². The summed E-state index contributed by atoms with van der Waals surface area (Å²) in [4.78, 5) is 13.5. The molecule has 0 aliphatic carbocycles. The predicted octanol–water partition coefficient (Wildman–Crippen LogP) is 0.763. The van der Waals surface area contributed by atoms with E-state index in [1.807, 2.05) is 30.3 Å². The lowest BCUT2D eigenvalue weighted by Gasteiger charge is -2.15. The number of nitrogens with zero attached hydrogens (tertiary/aromatic N) is 1. The minimum atomic E-state index is 0.0360. The number of rotatable bonds is 4. The van der Waals surface area contributed by atoms with Gasteiger partial charge in [0.2, 0.25) is 5.91 Å². The van der Waals surface area contributed by atoms with Crippen molar-refractivity contribution in [3.63, 3.8) is 0 Å². The molecule has 0 radical (unpaired) electrons. The molecule has 1 aromatic carbocycles. The fraction of sp³-hybridized carbons (Fsp3) is 0.462. The molecule has 0 aromatic heterocycles. The van der Waals surface area contributed by atoms with E-state index in [-0.39, 0.29) is 18.6 Å². The number of likely N-dealkylation sites (tertiary alicyclic amines) is 1. The van der Waals surface area contributed by atoms with Crippen LogP contribution in [-0.4, -0.2) is 36.5 Å². The highest BCUT2D eigenvalue weighted by Crippen LogP contribution is 2.07. The van der Waals surface area contributed by atoms with Gasteiger partial charge in [0.25, 0.3) is 0 Å². The number of benzene rings is 1. The molecule has 4 nitrogen and oxygen atoms in total. The van der Waals surface area contributed by atoms with Crippen molar-refractivity contribution in [3.8, 4) is 0 Å². The SMILES string of the molecule is NC1CCN(C(=O)COCc2ccccc2)C1. The number of carbonyl (C=O) groups excluding carboxylic acids is 1. The number of ether oxygens (including phenoxy) is 1. The molecule has 0 bridgehead atoms. The smallest absolute Gasteiger partial charge is 0.248 e. The Balaban J connectivity index is 1.70. The molecule has 92 valence electrons. The highest BCUT2D eigenvalue weighted by molar-refractivity contribution is 5.77. The van der Waals surface area contributed by atoms with Crippen molar-refractivity contribution in [1.82, 2.24) is 4.90 Å². The van der Waals surface area contributed by atoms with Gasteiger partial charge in [-0.1, -0.05) is 30.3 Å². The molecule has 1 aliphatic heterocycles. The first-order valence-electron chi connectivity index (χ1n) is 5.91. The lowest BCUT2D eigenvalue weighted by atomic mass is 10.2. The second-order valence-electron chi connectivity index (χ2n) is 4.37. The minimum Gasteiger partial charge on any atom is -0.367 e. The van der Waals surface area contributed by atoms with Crippen molar-refractivity contribution in [2.45, 2.75) is 19.1 Å². The van der Waals surface area contributed by atoms with E-state index in [9.17, 15) is 4.79 Å². The van der Waals surface area contributed by atoms with Crippen LogP contribution in [0, 0.1) is 0 Å². The molecule has 2 N–H and O–H groups in total. The molecule has 1 atom stereocenters. The molecule has 1 heterocycles. The summed E-state index contributed by atoms with van der Waals surface area (Å²) < 4.78 is 5.40. The van der Waals surface area contributed by atoms with Crippen LogP contribution in [-0.2, 0) is 16.1 Å². The van der Waals surface area contributed by atoms with Crippen LogP contribution >= 0.6 is 0 Å². The van der Waals surface area contributed by atoms with Crippen molar-refractivity contribution >= 4 is 5.91 Å². The Morgan fingerprint density at radius 3 is 2.82 bits per heavy atom. The Hall–Kier alpha value is -1.39. The van der Waals surface area contributed by atoms with E-state index in [1.54, 1.807) is 4.90 Å². The van der Waals surface area contributed by atoms with Gasteiger partial charge in [0.05, 0.1) is 6.61 Å². The van der Waals surface area contributed by atoms with Gasteiger partial charge in [-0.25, -0.2) is 0 Å². The summed E-state index contributed by atoms with van der Waals surface area (Å²) in [6, 6.07) is 9.97. The summed E-state index contributed by atoms with van der Waals surface area (Å²) >= 11 is 0. The van der Waals surface area contributed by atoms with Gasteiger partial charge in [-0.15, -0.1) is 0 Å². The van der Waals surface area contributed by atoms with Crippen molar-refractivity contribution in [2.24, 2.45) is 5.73 Å². The zero-order valence-corrected chi connectivity index (χ0v) is 9.84. The number of hydrogen-bond acceptors (Lipinski definition) is 3. The van der Waals surface area contributed by atoms with Crippen molar-refractivity contribution in [3.05, 3.63) is 35.9 Å². The van der Waals surface area contributed by atoms with E-state index in [1.165, 1.54) is 0 Å². The highest BCUT2D eigenvalue weighted by atomic mass is 16.5. The molecular formula is C13H18N2O2. The third kappa shape index (κ3) is 3.54. The topological polar surface area (TPSA) is 55.6 Å². The van der Waals surface area contributed by atoms with Crippen LogP contribution in [0.15, 0.2) is 30.3 Å². The van der Waals surface area contributed by atoms with Crippen molar-refractivity contribution in [2.75, 3.05) is 19.7 Å². The van der Waals surface area contributed by atoms with Gasteiger partial charge >= 0.3 is 0 Å². The van der Waals surface area contributed by atoms with Gasteiger partial charge in [-0.3, -0.25) is 4.79 Å². The molecule has 1 saturated heterocycles. The van der Waals surface area contributed by atoms with Crippen LogP contribution in [0.2, 0.25) is 0 Å². The quantitative estimate of drug-likeness (QED) is 0.837. The van der Waals surface area contributed by atoms with Crippen LogP contribution in [0.5, 0.6) is 0 Å². The van der Waals surface area contributed by atoms with Crippen LogP contribution in [0.4, 0.5) is 0 Å². The van der Waals surface area contributed by atoms with Gasteiger partial charge in [-0.2, -0.15) is 0 Å². The van der Waals surface area contributed by atoms with E-state index in [4.69, 9.17) is 10.5 Å². The van der Waals surface area contributed by atoms with E-state index in [2.05, 4.69) is 0 Å². The molecule has 1 fully saturated rings. The molecule has 2 rings (SSSR count). The number of amides is 1. The summed E-state index contributed by atoms with van der Waals surface area (Å²) in [5, 5.41) is 0. The van der Waals surface area contributed by atoms with Crippen LogP contribution < -0.4 is 5.73 Å². The van der Waals surface area contributed by atoms with Gasteiger partial charge in [0.1, 0.15) is 6.61 Å². The second-order valence-corrected chi connectivity index (χ2v) is 4.37. The van der Waals surface area contributed by atoms with Crippen LogP contribution in [0.25, 0.3) is 0 Å². The van der Waals surface area contributed by atoms with Gasteiger partial charge in [0, 0.05) is 19.1 Å². The number of hydrogen-bond donors (Lipinski definition) is 1. The Morgan fingerprint density at radius 1 is 1.41 bits per heavy atom. The largest absolute Gasteiger partial charge is 0.367 e. The molecule has 1 amide bonds. The first-order chi connectivity index (χ1) is 8.25. The normalized spacial score (nSPS) is 19.6. The standard InChI is InChI=1S/C13H18N2O2/c14-12-6-7-15(8-12)13(16)10-17-9-11-4-2-1-3-5-11/h1-5,12H,6-10,14H2. The zero-order valence-electron chi connectivity index (χ0n) is 9.84. The summed E-state index contributed by atoms with van der Waals surface area (Å²) in [5.74, 6) is 0.0360. The number of nitrogens with two attached hydrogens (primary N) is 1. The van der Waals surface area contributed by atoms with Crippen molar-refractivity contribution in [1.29, 1.82) is 0 Å². The van der Waals surface area contributed by atoms with E-state index in [0.717, 1.165) is 18.5 Å². The average Bonchev–Trinajstić information content (AvgIpc) is 2.77. The lowest BCUT2D eigenvalue weighted by Crippen LogP contribution is -2.34. The summed E-state index contributed by atoms with van der Waals surface area (Å²) in [6.07, 6.45) is 0.893. The minimum absolute atomic E-state index is 0.0360. The van der Waals surface area contributed by atoms with E-state index >= 15 is 0 Å². The zero-order chi connectivity index (χ0) is 12.1. The van der Waals surface area contributed by atoms with Gasteiger partial charge < -0.3 is 15.4 Å². The summed E-state index contributed by atoms with van der Waals surface area (Å²) in [6.45, 7) is 2.04. The summed E-state index contributed by atoms with van der Waals surface area (Å²) in [5.41, 5.74) is 6.83. The molecule has 1 aromatic rings. The fourth-order valence-electron chi connectivity index (χ4n) is 1.94. The average molecular weight is 234 g/mol. The Morgan fingerprint density at radius 2 is 2.18 bits per heavy atom. The molecule has 0 spiro atoms. The maximum Gasteiger partial charge on any atom is 0.248 e. The summed E-state index contributed by atoms with van der Waals surface area (Å²) in [7, 11) is 0. The monoisotopic (exact) mass is 234 g/mol. The first-order valence-corrected chi connectivity index (χ1v) is 5.91. The van der Waals surface area contributed by atoms with E-state index < -0.39 is 0 Å². The van der Waals surface area contributed by atoms with Crippen molar-refractivity contribution < 1.29 is 9.53 Å². The highest BCUT2D eigenvalue weighted by Gasteiger charge is 2.23. The molecule has 1 unspecified atom stereocenters. The Labute approximate surface area is 101 Å². The van der Waals surface area contributed by atoms with Crippen LogP contribution in [0.1, 0.15) is 12.0 Å². The number of carbonyl (C=O) groups is 1. The second kappa shape index (κ2) is 5.80. The molecule has 0 saturated carbocycles. The lowest BCUT2D eigenvalue weighted by molar-refractivity contribution is -0.135. The molecular weight excluding hydrogens is 216 g/mol. The third-order valence-corrected chi connectivity index (χ3v) is 2.91. The molecule has 4 heteroatoms. The van der Waals surface area contributed by atoms with Gasteiger partial charge in [-0.05, 0) is 12.0 Å². The maximum absolute atomic E-state index is 11.7. The Bertz CT molecular complexity index is 367. The fourth-order valence-corrected chi connectivity index (χ4v) is 1.94. The third-order valence-electron chi connectivity index (χ3n) is 2.91.